The van der Waals surface area contributed by atoms with Crippen molar-refractivity contribution in [3.05, 3.63) is 51.8 Å². The molecular formula is C13H8Cl2N2O. The third kappa shape index (κ3) is 2.56. The Kier molecular flexibility index (Phi) is 3.71. The Hall–Kier alpha value is -1.76. The molecule has 0 fully saturated rings. The summed E-state index contributed by atoms with van der Waals surface area (Å²) in [6, 6.07) is 8.93. The van der Waals surface area contributed by atoms with Crippen LogP contribution in [-0.2, 0) is 0 Å². The lowest BCUT2D eigenvalue weighted by molar-refractivity contribution is 0.480. The average Bonchev–Trinajstić information content (AvgIpc) is 2.34. The molecule has 3 nitrogen and oxygen atoms in total. The zero-order chi connectivity index (χ0) is 13.1. The van der Waals surface area contributed by atoms with Crippen molar-refractivity contribution < 1.29 is 4.74 Å². The third-order valence-electron chi connectivity index (χ3n) is 2.28. The first-order valence-corrected chi connectivity index (χ1v) is 5.86. The van der Waals surface area contributed by atoms with Crippen LogP contribution in [0.15, 0.2) is 30.5 Å². The minimum Gasteiger partial charge on any atom is -0.454 e. The van der Waals surface area contributed by atoms with Crippen molar-refractivity contribution in [2.75, 3.05) is 0 Å². The molecule has 0 aliphatic rings. The topological polar surface area (TPSA) is 45.9 Å². The van der Waals surface area contributed by atoms with Crippen LogP contribution in [0.2, 0.25) is 10.2 Å². The van der Waals surface area contributed by atoms with E-state index >= 15 is 0 Å². The predicted molar refractivity (Wildman–Crippen MR) is 70.2 cm³/mol. The van der Waals surface area contributed by atoms with Crippen LogP contribution in [0.3, 0.4) is 0 Å². The zero-order valence-corrected chi connectivity index (χ0v) is 11.0. The van der Waals surface area contributed by atoms with Crippen molar-refractivity contribution in [3.8, 4) is 17.6 Å². The summed E-state index contributed by atoms with van der Waals surface area (Å²) in [5.41, 5.74) is 1.20. The lowest BCUT2D eigenvalue weighted by Gasteiger charge is -2.09. The van der Waals surface area contributed by atoms with E-state index in [1.807, 2.05) is 19.1 Å². The number of nitrogens with zero attached hydrogens (tertiary/aromatic N) is 2. The Labute approximate surface area is 115 Å². The normalized spacial score (nSPS) is 9.89. The summed E-state index contributed by atoms with van der Waals surface area (Å²) in [6.45, 7) is 1.92. The predicted octanol–water partition coefficient (Wildman–Crippen LogP) is 4.36. The van der Waals surface area contributed by atoms with Gasteiger partial charge in [0.25, 0.3) is 0 Å². The monoisotopic (exact) mass is 278 g/mol. The molecule has 0 spiro atoms. The number of rotatable bonds is 2. The van der Waals surface area contributed by atoms with Crippen LogP contribution in [-0.4, -0.2) is 4.98 Å². The molecule has 0 bridgehead atoms. The molecule has 1 aromatic carbocycles. The lowest BCUT2D eigenvalue weighted by Crippen LogP contribution is -1.92. The SMILES string of the molecule is Cc1ccc(Cl)c(Oc2ccnc(Cl)c2C#N)c1. The van der Waals surface area contributed by atoms with Gasteiger partial charge >= 0.3 is 0 Å². The minimum atomic E-state index is 0.110. The van der Waals surface area contributed by atoms with E-state index in [-0.39, 0.29) is 10.7 Å². The highest BCUT2D eigenvalue weighted by Gasteiger charge is 2.11. The van der Waals surface area contributed by atoms with E-state index in [1.54, 1.807) is 18.2 Å². The van der Waals surface area contributed by atoms with Gasteiger partial charge in [-0.3, -0.25) is 0 Å². The van der Waals surface area contributed by atoms with Crippen LogP contribution in [0.1, 0.15) is 11.1 Å². The van der Waals surface area contributed by atoms with Crippen LogP contribution in [0.5, 0.6) is 11.5 Å². The summed E-state index contributed by atoms with van der Waals surface area (Å²) in [5, 5.41) is 9.59. The molecule has 5 heteroatoms. The maximum atomic E-state index is 9.01. The summed E-state index contributed by atoms with van der Waals surface area (Å²) < 4.78 is 5.61. The number of aromatic nitrogens is 1. The first-order valence-electron chi connectivity index (χ1n) is 5.10. The smallest absolute Gasteiger partial charge is 0.150 e. The van der Waals surface area contributed by atoms with Crippen LogP contribution in [0.25, 0.3) is 0 Å². The van der Waals surface area contributed by atoms with Crippen molar-refractivity contribution in [1.29, 1.82) is 5.26 Å². The molecule has 0 aliphatic carbocycles. The molecule has 0 atom stereocenters. The number of halogens is 2. The van der Waals surface area contributed by atoms with E-state index in [4.69, 9.17) is 33.2 Å². The number of aryl methyl sites for hydroxylation is 1. The first kappa shape index (κ1) is 12.7. The van der Waals surface area contributed by atoms with Crippen molar-refractivity contribution in [2.45, 2.75) is 6.92 Å². The molecule has 0 saturated carbocycles. The largest absolute Gasteiger partial charge is 0.454 e. The van der Waals surface area contributed by atoms with Crippen LogP contribution in [0, 0.1) is 18.3 Å². The van der Waals surface area contributed by atoms with Crippen molar-refractivity contribution in [1.82, 2.24) is 4.98 Å². The zero-order valence-electron chi connectivity index (χ0n) is 9.45. The van der Waals surface area contributed by atoms with Gasteiger partial charge in [0.05, 0.1) is 5.02 Å². The van der Waals surface area contributed by atoms with Gasteiger partial charge in [0.15, 0.2) is 5.15 Å². The lowest BCUT2D eigenvalue weighted by atomic mass is 10.2. The molecular weight excluding hydrogens is 271 g/mol. The van der Waals surface area contributed by atoms with Crippen LogP contribution in [0.4, 0.5) is 0 Å². The molecule has 90 valence electrons. The second kappa shape index (κ2) is 5.26. The number of nitriles is 1. The second-order valence-corrected chi connectivity index (χ2v) is 4.39. The number of hydrogen-bond donors (Lipinski definition) is 0. The molecule has 0 saturated heterocycles. The fourth-order valence-corrected chi connectivity index (χ4v) is 1.76. The molecule has 0 N–H and O–H groups in total. The van der Waals surface area contributed by atoms with Crippen molar-refractivity contribution >= 4 is 23.2 Å². The number of hydrogen-bond acceptors (Lipinski definition) is 3. The maximum absolute atomic E-state index is 9.01. The van der Waals surface area contributed by atoms with Gasteiger partial charge in [-0.25, -0.2) is 4.98 Å². The molecule has 1 aromatic heterocycles. The highest BCUT2D eigenvalue weighted by molar-refractivity contribution is 6.32. The van der Waals surface area contributed by atoms with Crippen molar-refractivity contribution in [2.24, 2.45) is 0 Å². The van der Waals surface area contributed by atoms with E-state index in [0.717, 1.165) is 5.56 Å². The number of pyridine rings is 1. The van der Waals surface area contributed by atoms with Gasteiger partial charge in [-0.2, -0.15) is 5.26 Å². The summed E-state index contributed by atoms with van der Waals surface area (Å²) in [4.78, 5) is 3.82. The summed E-state index contributed by atoms with van der Waals surface area (Å²) in [6.07, 6.45) is 1.47. The maximum Gasteiger partial charge on any atom is 0.150 e. The van der Waals surface area contributed by atoms with E-state index in [9.17, 15) is 0 Å². The fourth-order valence-electron chi connectivity index (χ4n) is 1.41. The number of ether oxygens (including phenoxy) is 1. The second-order valence-electron chi connectivity index (χ2n) is 3.62. The minimum absolute atomic E-state index is 0.110. The molecule has 0 unspecified atom stereocenters. The molecule has 0 amide bonds. The Morgan fingerprint density at radius 1 is 1.22 bits per heavy atom. The molecule has 0 aliphatic heterocycles. The Bertz CT molecular complexity index is 635. The molecule has 1 heterocycles. The standard InChI is InChI=1S/C13H8Cl2N2O/c1-8-2-3-10(14)12(6-8)18-11-4-5-17-13(15)9(11)7-16/h2-6H,1H3. The fraction of sp³-hybridized carbons (Fsp3) is 0.0769. The van der Waals surface area contributed by atoms with Gasteiger partial charge < -0.3 is 4.74 Å². The Morgan fingerprint density at radius 2 is 2.00 bits per heavy atom. The van der Waals surface area contributed by atoms with E-state index in [0.29, 0.717) is 16.5 Å². The highest BCUT2D eigenvalue weighted by atomic mass is 35.5. The average molecular weight is 279 g/mol. The summed E-state index contributed by atoms with van der Waals surface area (Å²) in [5.74, 6) is 0.820. The van der Waals surface area contributed by atoms with Gasteiger partial charge in [0, 0.05) is 12.3 Å². The van der Waals surface area contributed by atoms with Gasteiger partial charge in [0.2, 0.25) is 0 Å². The van der Waals surface area contributed by atoms with Gasteiger partial charge in [0.1, 0.15) is 23.1 Å². The molecule has 18 heavy (non-hydrogen) atoms. The first-order chi connectivity index (χ1) is 8.61. The highest BCUT2D eigenvalue weighted by Crippen LogP contribution is 2.33. The molecule has 2 aromatic rings. The molecule has 2 rings (SSSR count). The van der Waals surface area contributed by atoms with Gasteiger partial charge in [-0.15, -0.1) is 0 Å². The Balaban J connectivity index is 2.44. The van der Waals surface area contributed by atoms with E-state index < -0.39 is 0 Å². The van der Waals surface area contributed by atoms with Crippen molar-refractivity contribution in [3.63, 3.8) is 0 Å². The summed E-state index contributed by atoms with van der Waals surface area (Å²) >= 11 is 11.8. The van der Waals surface area contributed by atoms with Crippen LogP contribution < -0.4 is 4.74 Å². The quantitative estimate of drug-likeness (QED) is 0.767. The van der Waals surface area contributed by atoms with Crippen LogP contribution >= 0.6 is 23.2 Å². The third-order valence-corrected chi connectivity index (χ3v) is 2.88. The molecule has 0 radical (unpaired) electrons. The Morgan fingerprint density at radius 3 is 2.72 bits per heavy atom. The summed E-state index contributed by atoms with van der Waals surface area (Å²) in [7, 11) is 0. The van der Waals surface area contributed by atoms with E-state index in [2.05, 4.69) is 4.98 Å². The van der Waals surface area contributed by atoms with E-state index in [1.165, 1.54) is 6.20 Å². The number of benzene rings is 1. The van der Waals surface area contributed by atoms with Gasteiger partial charge in [-0.05, 0) is 24.6 Å². The van der Waals surface area contributed by atoms with Gasteiger partial charge in [-0.1, -0.05) is 29.3 Å².